The van der Waals surface area contributed by atoms with Crippen molar-refractivity contribution in [3.63, 3.8) is 0 Å². The second kappa shape index (κ2) is 8.35. The number of amides is 3. The number of urea groups is 1. The Hall–Kier alpha value is -3.00. The molecule has 0 spiro atoms. The molecule has 0 aliphatic heterocycles. The summed E-state index contributed by atoms with van der Waals surface area (Å²) in [5, 5.41) is 5.78. The molecule has 0 unspecified atom stereocenters. The highest BCUT2D eigenvalue weighted by Gasteiger charge is 2.24. The molecule has 3 aromatic rings. The highest BCUT2D eigenvalue weighted by Crippen LogP contribution is 2.27. The molecular formula is C20H20N4O3S. The van der Waals surface area contributed by atoms with Crippen molar-refractivity contribution < 1.29 is 14.0 Å². The van der Waals surface area contributed by atoms with E-state index < -0.39 is 6.03 Å². The first-order valence-corrected chi connectivity index (χ1v) is 10.0. The van der Waals surface area contributed by atoms with E-state index in [1.54, 1.807) is 12.5 Å². The topological polar surface area (TPSA) is 89.2 Å². The van der Waals surface area contributed by atoms with Crippen LogP contribution in [0.15, 0.2) is 64.5 Å². The van der Waals surface area contributed by atoms with Gasteiger partial charge in [0.15, 0.2) is 5.16 Å². The molecule has 8 heteroatoms. The van der Waals surface area contributed by atoms with Crippen LogP contribution >= 0.6 is 11.8 Å². The van der Waals surface area contributed by atoms with Gasteiger partial charge >= 0.3 is 6.03 Å². The fraction of sp³-hybridized carbons (Fsp3) is 0.250. The Bertz CT molecular complexity index is 949. The average molecular weight is 396 g/mol. The lowest BCUT2D eigenvalue weighted by Crippen LogP contribution is -2.41. The highest BCUT2D eigenvalue weighted by molar-refractivity contribution is 7.99. The van der Waals surface area contributed by atoms with Crippen molar-refractivity contribution in [3.05, 3.63) is 60.7 Å². The maximum atomic E-state index is 12.1. The summed E-state index contributed by atoms with van der Waals surface area (Å²) >= 11 is 1.29. The number of imide groups is 1. The predicted octanol–water partition coefficient (Wildman–Crippen LogP) is 3.27. The molecule has 3 amide bonds. The smallest absolute Gasteiger partial charge is 0.321 e. The number of thioether (sulfide) groups is 1. The van der Waals surface area contributed by atoms with Gasteiger partial charge < -0.3 is 14.3 Å². The second-order valence-electron chi connectivity index (χ2n) is 6.54. The van der Waals surface area contributed by atoms with Gasteiger partial charge in [0.1, 0.15) is 5.76 Å². The Labute approximate surface area is 166 Å². The van der Waals surface area contributed by atoms with Gasteiger partial charge in [0.2, 0.25) is 5.91 Å². The quantitative estimate of drug-likeness (QED) is 0.599. The zero-order valence-electron chi connectivity index (χ0n) is 15.1. The molecule has 2 heterocycles. The van der Waals surface area contributed by atoms with Crippen LogP contribution in [0.25, 0.3) is 11.3 Å². The van der Waals surface area contributed by atoms with Gasteiger partial charge in [0.05, 0.1) is 30.5 Å². The minimum atomic E-state index is -0.433. The van der Waals surface area contributed by atoms with Crippen LogP contribution in [0.5, 0.6) is 0 Å². The Balaban J connectivity index is 1.47. The van der Waals surface area contributed by atoms with E-state index in [1.807, 2.05) is 47.0 Å². The van der Waals surface area contributed by atoms with Crippen molar-refractivity contribution in [1.29, 1.82) is 0 Å². The lowest BCUT2D eigenvalue weighted by atomic mass is 10.2. The Morgan fingerprint density at radius 1 is 1.18 bits per heavy atom. The van der Waals surface area contributed by atoms with Gasteiger partial charge in [0, 0.05) is 6.04 Å². The van der Waals surface area contributed by atoms with Gasteiger partial charge in [-0.2, -0.15) is 0 Å². The molecular weight excluding hydrogens is 376 g/mol. The summed E-state index contributed by atoms with van der Waals surface area (Å²) in [6.07, 6.45) is 5.37. The van der Waals surface area contributed by atoms with E-state index in [4.69, 9.17) is 4.42 Å². The van der Waals surface area contributed by atoms with Crippen molar-refractivity contribution in [3.8, 4) is 11.3 Å². The maximum absolute atomic E-state index is 12.1. The normalized spacial score (nSPS) is 13.3. The lowest BCUT2D eigenvalue weighted by molar-refractivity contribution is -0.117. The van der Waals surface area contributed by atoms with Gasteiger partial charge in [-0.3, -0.25) is 10.1 Å². The molecule has 1 aliphatic rings. The summed E-state index contributed by atoms with van der Waals surface area (Å²) in [5.41, 5.74) is 1.97. The molecule has 0 atom stereocenters. The van der Waals surface area contributed by atoms with E-state index in [0.717, 1.165) is 29.9 Å². The third-order valence-electron chi connectivity index (χ3n) is 4.28. The first kappa shape index (κ1) is 18.4. The van der Waals surface area contributed by atoms with E-state index in [0.29, 0.717) is 11.7 Å². The van der Waals surface area contributed by atoms with E-state index in [9.17, 15) is 9.59 Å². The second-order valence-corrected chi connectivity index (χ2v) is 7.48. The molecule has 0 bridgehead atoms. The monoisotopic (exact) mass is 396 g/mol. The van der Waals surface area contributed by atoms with Crippen molar-refractivity contribution in [2.24, 2.45) is 0 Å². The van der Waals surface area contributed by atoms with Crippen LogP contribution in [0.3, 0.4) is 0 Å². The number of nitrogens with one attached hydrogen (secondary N) is 2. The fourth-order valence-corrected chi connectivity index (χ4v) is 3.54. The van der Waals surface area contributed by atoms with E-state index in [-0.39, 0.29) is 17.7 Å². The van der Waals surface area contributed by atoms with Gasteiger partial charge in [-0.15, -0.1) is 0 Å². The van der Waals surface area contributed by atoms with E-state index in [1.165, 1.54) is 11.8 Å². The third kappa shape index (κ3) is 4.64. The third-order valence-corrected chi connectivity index (χ3v) is 5.27. The van der Waals surface area contributed by atoms with Crippen molar-refractivity contribution in [2.45, 2.75) is 30.6 Å². The van der Waals surface area contributed by atoms with Crippen LogP contribution in [-0.4, -0.2) is 33.3 Å². The molecule has 2 N–H and O–H groups in total. The van der Waals surface area contributed by atoms with Crippen LogP contribution < -0.4 is 10.6 Å². The van der Waals surface area contributed by atoms with E-state index in [2.05, 4.69) is 15.6 Å². The maximum Gasteiger partial charge on any atom is 0.321 e. The van der Waals surface area contributed by atoms with Gasteiger partial charge in [-0.1, -0.05) is 42.1 Å². The highest BCUT2D eigenvalue weighted by atomic mass is 32.2. The number of imidazole rings is 1. The Morgan fingerprint density at radius 2 is 2.00 bits per heavy atom. The minimum absolute atomic E-state index is 0.0987. The SMILES string of the molecule is O=C(CSc1ncc(-c2ccccc2)n1Cc1ccco1)NC(=O)NC1CC1. The van der Waals surface area contributed by atoms with Gasteiger partial charge in [-0.25, -0.2) is 9.78 Å². The first-order valence-electron chi connectivity index (χ1n) is 9.05. The van der Waals surface area contributed by atoms with Crippen LogP contribution in [0.1, 0.15) is 18.6 Å². The number of benzene rings is 1. The van der Waals surface area contributed by atoms with Crippen molar-refractivity contribution in [2.75, 3.05) is 5.75 Å². The molecule has 1 aliphatic carbocycles. The summed E-state index contributed by atoms with van der Waals surface area (Å²) in [6, 6.07) is 13.4. The molecule has 1 saturated carbocycles. The van der Waals surface area contributed by atoms with Gasteiger partial charge in [-0.05, 0) is 30.5 Å². The van der Waals surface area contributed by atoms with Crippen molar-refractivity contribution >= 4 is 23.7 Å². The summed E-state index contributed by atoms with van der Waals surface area (Å²) in [5.74, 6) is 0.545. The number of rotatable bonds is 7. The van der Waals surface area contributed by atoms with E-state index >= 15 is 0 Å². The first-order chi connectivity index (χ1) is 13.7. The number of carbonyl (C=O) groups is 2. The van der Waals surface area contributed by atoms with Crippen molar-refractivity contribution in [1.82, 2.24) is 20.2 Å². The molecule has 0 saturated heterocycles. The number of hydrogen-bond acceptors (Lipinski definition) is 5. The Morgan fingerprint density at radius 3 is 2.71 bits per heavy atom. The number of hydrogen-bond donors (Lipinski definition) is 2. The molecule has 144 valence electrons. The van der Waals surface area contributed by atoms with Crippen LogP contribution in [-0.2, 0) is 11.3 Å². The lowest BCUT2D eigenvalue weighted by Gasteiger charge is -2.11. The minimum Gasteiger partial charge on any atom is -0.467 e. The number of carbonyl (C=O) groups excluding carboxylic acids is 2. The molecule has 7 nitrogen and oxygen atoms in total. The van der Waals surface area contributed by atoms with Crippen LogP contribution in [0, 0.1) is 0 Å². The summed E-state index contributed by atoms with van der Waals surface area (Å²) < 4.78 is 7.49. The summed E-state index contributed by atoms with van der Waals surface area (Å²) in [6.45, 7) is 0.503. The van der Waals surface area contributed by atoms with Gasteiger partial charge in [0.25, 0.3) is 0 Å². The zero-order valence-corrected chi connectivity index (χ0v) is 15.9. The largest absolute Gasteiger partial charge is 0.467 e. The van der Waals surface area contributed by atoms with Crippen LogP contribution in [0.2, 0.25) is 0 Å². The van der Waals surface area contributed by atoms with Crippen LogP contribution in [0.4, 0.5) is 4.79 Å². The number of aromatic nitrogens is 2. The molecule has 2 aromatic heterocycles. The standard InChI is InChI=1S/C20H20N4O3S/c25-18(23-19(26)22-15-8-9-15)13-28-20-21-11-17(14-5-2-1-3-6-14)24(20)12-16-7-4-10-27-16/h1-7,10-11,15H,8-9,12-13H2,(H2,22,23,25,26). The molecule has 0 radical (unpaired) electrons. The Kier molecular flexibility index (Phi) is 5.48. The molecule has 1 fully saturated rings. The summed E-state index contributed by atoms with van der Waals surface area (Å²) in [4.78, 5) is 28.3. The number of furan rings is 1. The molecule has 4 rings (SSSR count). The molecule has 28 heavy (non-hydrogen) atoms. The number of nitrogens with zero attached hydrogens (tertiary/aromatic N) is 2. The predicted molar refractivity (Wildman–Crippen MR) is 106 cm³/mol. The fourth-order valence-electron chi connectivity index (χ4n) is 2.77. The molecule has 1 aromatic carbocycles. The average Bonchev–Trinajstić information content (AvgIpc) is 3.19. The zero-order chi connectivity index (χ0) is 19.3. The summed E-state index contributed by atoms with van der Waals surface area (Å²) in [7, 11) is 0.